The zero-order chi connectivity index (χ0) is 20.6. The van der Waals surface area contributed by atoms with Gasteiger partial charge in [-0.3, -0.25) is 9.59 Å². The van der Waals surface area contributed by atoms with Crippen LogP contribution in [0, 0.1) is 0 Å². The highest BCUT2D eigenvalue weighted by Gasteiger charge is 2.29. The van der Waals surface area contributed by atoms with Crippen LogP contribution >= 0.6 is 0 Å². The average Bonchev–Trinajstić information content (AvgIpc) is 3.16. The molecule has 0 saturated heterocycles. The summed E-state index contributed by atoms with van der Waals surface area (Å²) in [7, 11) is 0. The molecule has 150 valence electrons. The number of carbonyl (C=O) groups excluding carboxylic acids is 1. The Labute approximate surface area is 168 Å². The summed E-state index contributed by atoms with van der Waals surface area (Å²) < 4.78 is 7.68. The quantitative estimate of drug-likeness (QED) is 0.645. The lowest BCUT2D eigenvalue weighted by molar-refractivity contribution is -0.123. The number of anilines is 1. The molecule has 1 aromatic heterocycles. The van der Waals surface area contributed by atoms with Gasteiger partial charge in [0.15, 0.2) is 0 Å². The highest BCUT2D eigenvalue weighted by molar-refractivity contribution is 5.94. The summed E-state index contributed by atoms with van der Waals surface area (Å²) in [5.74, 6) is 1.70. The molecule has 7 heteroatoms. The SMILES string of the molecule is CCn1ncc2c1NC(=O)CC2c1ccc(OCc2ccccc2)cc1.O=CO. The lowest BCUT2D eigenvalue weighted by Gasteiger charge is -2.23. The third-order valence-electron chi connectivity index (χ3n) is 4.72. The van der Waals surface area contributed by atoms with Gasteiger partial charge in [0.1, 0.15) is 18.2 Å². The number of nitrogens with one attached hydrogen (secondary N) is 1. The zero-order valence-electron chi connectivity index (χ0n) is 16.1. The van der Waals surface area contributed by atoms with Gasteiger partial charge in [-0.05, 0) is 30.2 Å². The number of rotatable bonds is 5. The maximum atomic E-state index is 12.1. The van der Waals surface area contributed by atoms with Crippen LogP contribution in [-0.4, -0.2) is 27.3 Å². The fraction of sp³-hybridized carbons (Fsp3) is 0.227. The Bertz CT molecular complexity index is 952. The predicted molar refractivity (Wildman–Crippen MR) is 109 cm³/mol. The number of amides is 1. The average molecular weight is 393 g/mol. The van der Waals surface area contributed by atoms with Crippen LogP contribution in [0.3, 0.4) is 0 Å². The molecule has 1 unspecified atom stereocenters. The van der Waals surface area contributed by atoms with Crippen LogP contribution in [0.2, 0.25) is 0 Å². The van der Waals surface area contributed by atoms with E-state index in [1.54, 1.807) is 0 Å². The van der Waals surface area contributed by atoms with Crippen molar-refractivity contribution in [2.45, 2.75) is 32.4 Å². The summed E-state index contributed by atoms with van der Waals surface area (Å²) in [6, 6.07) is 18.1. The van der Waals surface area contributed by atoms with Gasteiger partial charge in [0.2, 0.25) is 5.91 Å². The number of hydrogen-bond acceptors (Lipinski definition) is 4. The second kappa shape index (κ2) is 9.54. The molecule has 2 N–H and O–H groups in total. The minimum Gasteiger partial charge on any atom is -0.489 e. The largest absolute Gasteiger partial charge is 0.489 e. The van der Waals surface area contributed by atoms with Crippen molar-refractivity contribution in [1.29, 1.82) is 0 Å². The standard InChI is InChI=1S/C21H21N3O2.CH2O2/c1-2-24-21-19(13-22-24)18(12-20(25)23-21)16-8-10-17(11-9-16)26-14-15-6-4-3-5-7-15;2-1-3/h3-11,13,18H,2,12,14H2,1H3,(H,23,25);1H,(H,2,3). The Morgan fingerprint density at radius 2 is 1.90 bits per heavy atom. The zero-order valence-corrected chi connectivity index (χ0v) is 16.1. The van der Waals surface area contributed by atoms with Gasteiger partial charge in [0.05, 0.1) is 6.20 Å². The number of carbonyl (C=O) groups is 2. The molecule has 0 aliphatic carbocycles. The lowest BCUT2D eigenvalue weighted by atomic mass is 9.87. The first kappa shape index (κ1) is 20.1. The number of carboxylic acid groups (broad SMARTS) is 1. The molecule has 29 heavy (non-hydrogen) atoms. The molecule has 1 amide bonds. The molecule has 1 aliphatic rings. The molecule has 7 nitrogen and oxygen atoms in total. The van der Waals surface area contributed by atoms with E-state index in [1.165, 1.54) is 0 Å². The van der Waals surface area contributed by atoms with Gasteiger partial charge < -0.3 is 15.2 Å². The molecule has 4 rings (SSSR count). The molecule has 0 saturated carbocycles. The van der Waals surface area contributed by atoms with E-state index in [0.717, 1.165) is 34.8 Å². The molecule has 0 fully saturated rings. The highest BCUT2D eigenvalue weighted by atomic mass is 16.5. The first-order valence-electron chi connectivity index (χ1n) is 9.36. The van der Waals surface area contributed by atoms with E-state index < -0.39 is 0 Å². The first-order chi connectivity index (χ1) is 14.2. The number of fused-ring (bicyclic) bond motifs is 1. The van der Waals surface area contributed by atoms with Gasteiger partial charge in [-0.25, -0.2) is 4.68 Å². The van der Waals surface area contributed by atoms with Crippen molar-refractivity contribution in [3.63, 3.8) is 0 Å². The van der Waals surface area contributed by atoms with Crippen LogP contribution in [0.5, 0.6) is 5.75 Å². The van der Waals surface area contributed by atoms with Gasteiger partial charge in [-0.1, -0.05) is 42.5 Å². The number of benzene rings is 2. The van der Waals surface area contributed by atoms with E-state index in [1.807, 2.05) is 72.4 Å². The minimum atomic E-state index is -0.250. The van der Waals surface area contributed by atoms with Gasteiger partial charge in [-0.15, -0.1) is 0 Å². The highest BCUT2D eigenvalue weighted by Crippen LogP contribution is 2.37. The minimum absolute atomic E-state index is 0.0297. The third kappa shape index (κ3) is 4.82. The second-order valence-corrected chi connectivity index (χ2v) is 6.52. The molecular weight excluding hydrogens is 370 g/mol. The summed E-state index contributed by atoms with van der Waals surface area (Å²) >= 11 is 0. The van der Waals surface area contributed by atoms with Crippen LogP contribution in [0.1, 0.15) is 36.0 Å². The number of nitrogens with zero attached hydrogens (tertiary/aromatic N) is 2. The summed E-state index contributed by atoms with van der Waals surface area (Å²) in [4.78, 5) is 20.5. The smallest absolute Gasteiger partial charge is 0.290 e. The van der Waals surface area contributed by atoms with Gasteiger partial charge in [0.25, 0.3) is 6.47 Å². The number of aromatic nitrogens is 2. The number of ether oxygens (including phenoxy) is 1. The van der Waals surface area contributed by atoms with E-state index in [2.05, 4.69) is 10.4 Å². The van der Waals surface area contributed by atoms with Crippen LogP contribution in [0.15, 0.2) is 60.8 Å². The van der Waals surface area contributed by atoms with Crippen molar-refractivity contribution < 1.29 is 19.4 Å². The fourth-order valence-electron chi connectivity index (χ4n) is 3.34. The normalized spacial score (nSPS) is 14.8. The van der Waals surface area contributed by atoms with Crippen molar-refractivity contribution >= 4 is 18.2 Å². The number of hydrogen-bond donors (Lipinski definition) is 2. The predicted octanol–water partition coefficient (Wildman–Crippen LogP) is 3.66. The van der Waals surface area contributed by atoms with Crippen molar-refractivity contribution in [1.82, 2.24) is 9.78 Å². The number of aryl methyl sites for hydroxylation is 1. The topological polar surface area (TPSA) is 93.5 Å². The molecule has 0 radical (unpaired) electrons. The Hall–Kier alpha value is -3.61. The van der Waals surface area contributed by atoms with Crippen molar-refractivity contribution in [3.05, 3.63) is 77.5 Å². The van der Waals surface area contributed by atoms with Crippen molar-refractivity contribution in [2.24, 2.45) is 0 Å². The summed E-state index contributed by atoms with van der Waals surface area (Å²) in [5, 5.41) is 14.2. The molecule has 1 atom stereocenters. The van der Waals surface area contributed by atoms with Crippen LogP contribution in [0.4, 0.5) is 5.82 Å². The summed E-state index contributed by atoms with van der Waals surface area (Å²) in [6.45, 7) is 3.04. The second-order valence-electron chi connectivity index (χ2n) is 6.52. The molecule has 0 spiro atoms. The van der Waals surface area contributed by atoms with Crippen molar-refractivity contribution in [3.8, 4) is 5.75 Å². The Kier molecular flexibility index (Phi) is 6.63. The van der Waals surface area contributed by atoms with Gasteiger partial charge in [0, 0.05) is 24.4 Å². The Balaban J connectivity index is 0.000000755. The molecule has 2 aromatic carbocycles. The maximum absolute atomic E-state index is 12.1. The van der Waals surface area contributed by atoms with Crippen LogP contribution in [0.25, 0.3) is 0 Å². The summed E-state index contributed by atoms with van der Waals surface area (Å²) in [6.07, 6.45) is 2.30. The van der Waals surface area contributed by atoms with E-state index >= 15 is 0 Å². The molecule has 1 aliphatic heterocycles. The first-order valence-corrected chi connectivity index (χ1v) is 9.36. The molecule has 2 heterocycles. The Morgan fingerprint density at radius 3 is 2.55 bits per heavy atom. The van der Waals surface area contributed by atoms with Crippen LogP contribution < -0.4 is 10.1 Å². The van der Waals surface area contributed by atoms with Gasteiger partial charge >= 0.3 is 0 Å². The molecular formula is C22H23N3O4. The van der Waals surface area contributed by atoms with E-state index in [0.29, 0.717) is 13.0 Å². The summed E-state index contributed by atoms with van der Waals surface area (Å²) in [5.41, 5.74) is 3.31. The Morgan fingerprint density at radius 1 is 1.21 bits per heavy atom. The van der Waals surface area contributed by atoms with Crippen molar-refractivity contribution in [2.75, 3.05) is 5.32 Å². The molecule has 0 bridgehead atoms. The monoisotopic (exact) mass is 393 g/mol. The lowest BCUT2D eigenvalue weighted by Crippen LogP contribution is -2.24. The van der Waals surface area contributed by atoms with E-state index in [-0.39, 0.29) is 18.3 Å². The molecule has 3 aromatic rings. The van der Waals surface area contributed by atoms with Crippen LogP contribution in [-0.2, 0) is 22.7 Å². The third-order valence-corrected chi connectivity index (χ3v) is 4.72. The fourth-order valence-corrected chi connectivity index (χ4v) is 3.34. The maximum Gasteiger partial charge on any atom is 0.290 e. The van der Waals surface area contributed by atoms with E-state index in [4.69, 9.17) is 14.6 Å². The van der Waals surface area contributed by atoms with E-state index in [9.17, 15) is 4.79 Å². The van der Waals surface area contributed by atoms with Gasteiger partial charge in [-0.2, -0.15) is 5.10 Å².